The summed E-state index contributed by atoms with van der Waals surface area (Å²) in [5.74, 6) is -0.117. The Balaban J connectivity index is 1.73. The predicted octanol–water partition coefficient (Wildman–Crippen LogP) is 3.69. The van der Waals surface area contributed by atoms with E-state index in [-0.39, 0.29) is 11.6 Å². The number of piperazine rings is 1. The summed E-state index contributed by atoms with van der Waals surface area (Å²) in [6.07, 6.45) is 0. The van der Waals surface area contributed by atoms with Gasteiger partial charge in [0.25, 0.3) is 0 Å². The molecule has 124 valence electrons. The first kappa shape index (κ1) is 16.4. The average molecular weight is 346 g/mol. The van der Waals surface area contributed by atoms with Crippen LogP contribution in [0.15, 0.2) is 36.4 Å². The zero-order chi connectivity index (χ0) is 17.1. The van der Waals surface area contributed by atoms with E-state index >= 15 is 0 Å². The van der Waals surface area contributed by atoms with Crippen molar-refractivity contribution in [2.75, 3.05) is 43.1 Å². The predicted molar refractivity (Wildman–Crippen MR) is 93.5 cm³/mol. The second-order valence-corrected chi connectivity index (χ2v) is 6.00. The molecule has 0 spiro atoms. The number of methoxy groups -OCH3 is 1. The molecule has 1 aliphatic rings. The van der Waals surface area contributed by atoms with Crippen LogP contribution in [0.4, 0.5) is 15.8 Å². The van der Waals surface area contributed by atoms with Gasteiger partial charge >= 0.3 is 0 Å². The molecule has 0 N–H and O–H groups in total. The zero-order valence-electron chi connectivity index (χ0n) is 13.3. The number of hydrogen-bond donors (Lipinski definition) is 0. The van der Waals surface area contributed by atoms with Gasteiger partial charge in [-0.3, -0.25) is 0 Å². The van der Waals surface area contributed by atoms with Crippen LogP contribution >= 0.6 is 11.6 Å². The minimum absolute atomic E-state index is 0.245. The van der Waals surface area contributed by atoms with E-state index < -0.39 is 0 Å². The minimum atomic E-state index is -0.362. The Morgan fingerprint density at radius 2 is 1.79 bits per heavy atom. The second kappa shape index (κ2) is 6.98. The van der Waals surface area contributed by atoms with Crippen LogP contribution in [-0.2, 0) is 0 Å². The standard InChI is InChI=1S/C18H17ClFN3O/c1-24-18-5-4-15(11-16(18)20)22-6-8-23(9-7-22)17-10-14(19)3-2-13(17)12-21/h2-5,10-11H,6-9H2,1H3. The minimum Gasteiger partial charge on any atom is -0.494 e. The van der Waals surface area contributed by atoms with E-state index in [1.807, 2.05) is 12.1 Å². The molecule has 1 saturated heterocycles. The molecule has 4 nitrogen and oxygen atoms in total. The highest BCUT2D eigenvalue weighted by Crippen LogP contribution is 2.28. The second-order valence-electron chi connectivity index (χ2n) is 5.57. The van der Waals surface area contributed by atoms with Crippen molar-refractivity contribution in [1.82, 2.24) is 0 Å². The third-order valence-electron chi connectivity index (χ3n) is 4.20. The van der Waals surface area contributed by atoms with Crippen LogP contribution in [0.1, 0.15) is 5.56 Å². The van der Waals surface area contributed by atoms with Crippen LogP contribution in [0.5, 0.6) is 5.75 Å². The zero-order valence-corrected chi connectivity index (χ0v) is 14.1. The molecule has 0 radical (unpaired) electrons. The first-order chi connectivity index (χ1) is 11.6. The van der Waals surface area contributed by atoms with Crippen molar-refractivity contribution in [3.8, 4) is 11.8 Å². The summed E-state index contributed by atoms with van der Waals surface area (Å²) in [5.41, 5.74) is 2.30. The van der Waals surface area contributed by atoms with E-state index in [2.05, 4.69) is 15.9 Å². The van der Waals surface area contributed by atoms with E-state index in [0.29, 0.717) is 10.6 Å². The van der Waals surface area contributed by atoms with E-state index in [1.165, 1.54) is 13.2 Å². The molecule has 24 heavy (non-hydrogen) atoms. The monoisotopic (exact) mass is 345 g/mol. The molecule has 2 aromatic rings. The molecule has 0 amide bonds. The number of rotatable bonds is 3. The Kier molecular flexibility index (Phi) is 4.77. The van der Waals surface area contributed by atoms with Crippen molar-refractivity contribution in [1.29, 1.82) is 5.26 Å². The fraction of sp³-hybridized carbons (Fsp3) is 0.278. The Bertz CT molecular complexity index is 782. The third kappa shape index (κ3) is 3.24. The van der Waals surface area contributed by atoms with Crippen LogP contribution in [0.3, 0.4) is 0 Å². The molecule has 3 rings (SSSR count). The van der Waals surface area contributed by atoms with Gasteiger partial charge in [0, 0.05) is 43.0 Å². The molecule has 0 aliphatic carbocycles. The number of benzene rings is 2. The van der Waals surface area contributed by atoms with Crippen LogP contribution in [0.25, 0.3) is 0 Å². The smallest absolute Gasteiger partial charge is 0.167 e. The molecule has 0 saturated carbocycles. The SMILES string of the molecule is COc1ccc(N2CCN(c3cc(Cl)ccc3C#N)CC2)cc1F. The summed E-state index contributed by atoms with van der Waals surface area (Å²) in [4.78, 5) is 4.26. The molecular formula is C18H17ClFN3O. The Morgan fingerprint density at radius 1 is 1.08 bits per heavy atom. The Hall–Kier alpha value is -2.45. The maximum atomic E-state index is 13.9. The molecule has 1 fully saturated rings. The number of halogens is 2. The lowest BCUT2D eigenvalue weighted by molar-refractivity contribution is 0.386. The van der Waals surface area contributed by atoms with Gasteiger partial charge in [0.1, 0.15) is 6.07 Å². The Morgan fingerprint density at radius 3 is 2.42 bits per heavy atom. The van der Waals surface area contributed by atoms with Crippen molar-refractivity contribution in [3.63, 3.8) is 0 Å². The summed E-state index contributed by atoms with van der Waals surface area (Å²) in [5, 5.41) is 9.88. The average Bonchev–Trinajstić information content (AvgIpc) is 2.62. The van der Waals surface area contributed by atoms with Gasteiger partial charge < -0.3 is 14.5 Å². The van der Waals surface area contributed by atoms with Crippen molar-refractivity contribution in [2.24, 2.45) is 0 Å². The molecule has 0 aromatic heterocycles. The normalized spacial score (nSPS) is 14.4. The highest BCUT2D eigenvalue weighted by Gasteiger charge is 2.20. The molecule has 2 aromatic carbocycles. The lowest BCUT2D eigenvalue weighted by Gasteiger charge is -2.37. The van der Waals surface area contributed by atoms with Gasteiger partial charge in [-0.25, -0.2) is 4.39 Å². The quantitative estimate of drug-likeness (QED) is 0.850. The summed E-state index contributed by atoms with van der Waals surface area (Å²) < 4.78 is 18.8. The van der Waals surface area contributed by atoms with Gasteiger partial charge in [-0.05, 0) is 30.3 Å². The van der Waals surface area contributed by atoms with Crippen LogP contribution < -0.4 is 14.5 Å². The highest BCUT2D eigenvalue weighted by molar-refractivity contribution is 6.30. The Labute approximate surface area is 145 Å². The lowest BCUT2D eigenvalue weighted by Crippen LogP contribution is -2.46. The van der Waals surface area contributed by atoms with Crippen LogP contribution in [0.2, 0.25) is 5.02 Å². The molecule has 1 heterocycles. The first-order valence-corrected chi connectivity index (χ1v) is 8.03. The van der Waals surface area contributed by atoms with Gasteiger partial charge in [0.2, 0.25) is 0 Å². The summed E-state index contributed by atoms with van der Waals surface area (Å²) in [6.45, 7) is 2.96. The number of hydrogen-bond acceptors (Lipinski definition) is 4. The number of anilines is 2. The van der Waals surface area contributed by atoms with Crippen molar-refractivity contribution < 1.29 is 9.13 Å². The van der Waals surface area contributed by atoms with E-state index in [9.17, 15) is 9.65 Å². The van der Waals surface area contributed by atoms with Gasteiger partial charge in [-0.1, -0.05) is 11.6 Å². The van der Waals surface area contributed by atoms with Gasteiger partial charge in [-0.2, -0.15) is 5.26 Å². The third-order valence-corrected chi connectivity index (χ3v) is 4.44. The molecule has 0 bridgehead atoms. The van der Waals surface area contributed by atoms with Gasteiger partial charge in [0.15, 0.2) is 11.6 Å². The fourth-order valence-corrected chi connectivity index (χ4v) is 3.08. The molecule has 1 aliphatic heterocycles. The molecule has 6 heteroatoms. The van der Waals surface area contributed by atoms with E-state index in [0.717, 1.165) is 37.6 Å². The van der Waals surface area contributed by atoms with Gasteiger partial charge in [-0.15, -0.1) is 0 Å². The largest absolute Gasteiger partial charge is 0.494 e. The first-order valence-electron chi connectivity index (χ1n) is 7.65. The van der Waals surface area contributed by atoms with E-state index in [1.54, 1.807) is 18.2 Å². The van der Waals surface area contributed by atoms with Crippen molar-refractivity contribution in [2.45, 2.75) is 0 Å². The van der Waals surface area contributed by atoms with Gasteiger partial charge in [0.05, 0.1) is 18.4 Å². The van der Waals surface area contributed by atoms with E-state index in [4.69, 9.17) is 16.3 Å². The summed E-state index contributed by atoms with van der Waals surface area (Å²) in [7, 11) is 1.45. The summed E-state index contributed by atoms with van der Waals surface area (Å²) >= 11 is 6.06. The van der Waals surface area contributed by atoms with Crippen LogP contribution in [0, 0.1) is 17.1 Å². The molecular weight excluding hydrogens is 329 g/mol. The number of nitrogens with zero attached hydrogens (tertiary/aromatic N) is 3. The lowest BCUT2D eigenvalue weighted by atomic mass is 10.1. The maximum absolute atomic E-state index is 13.9. The summed E-state index contributed by atoms with van der Waals surface area (Å²) in [6, 6.07) is 12.5. The highest BCUT2D eigenvalue weighted by atomic mass is 35.5. The number of nitriles is 1. The fourth-order valence-electron chi connectivity index (χ4n) is 2.92. The molecule has 0 atom stereocenters. The van der Waals surface area contributed by atoms with Crippen molar-refractivity contribution in [3.05, 3.63) is 52.8 Å². The number of ether oxygens (including phenoxy) is 1. The molecule has 0 unspecified atom stereocenters. The van der Waals surface area contributed by atoms with Crippen LogP contribution in [-0.4, -0.2) is 33.3 Å². The maximum Gasteiger partial charge on any atom is 0.167 e. The topological polar surface area (TPSA) is 39.5 Å². The van der Waals surface area contributed by atoms with Crippen molar-refractivity contribution >= 4 is 23.0 Å².